The lowest BCUT2D eigenvalue weighted by molar-refractivity contribution is 0.453. The smallest absolute Gasteiger partial charge is 0.225 e. The van der Waals surface area contributed by atoms with Crippen molar-refractivity contribution in [2.45, 2.75) is 12.1 Å². The van der Waals surface area contributed by atoms with Crippen LogP contribution < -0.4 is 10.5 Å². The van der Waals surface area contributed by atoms with Gasteiger partial charge in [0, 0.05) is 11.1 Å². The lowest BCUT2D eigenvalue weighted by atomic mass is 10.2. The molecule has 2 N–H and O–H groups in total. The minimum atomic E-state index is 0.379. The monoisotopic (exact) mass is 281 g/mol. The Morgan fingerprint density at radius 3 is 2.78 bits per heavy atom. The van der Waals surface area contributed by atoms with Crippen LogP contribution in [0.3, 0.4) is 0 Å². The van der Waals surface area contributed by atoms with Gasteiger partial charge in [-0.05, 0) is 30.9 Å². The number of hydrogen-bond donors (Lipinski definition) is 1. The van der Waals surface area contributed by atoms with E-state index < -0.39 is 0 Å². The van der Waals surface area contributed by atoms with Crippen LogP contribution in [0.1, 0.15) is 5.56 Å². The Morgan fingerprint density at radius 2 is 2.06 bits per heavy atom. The molecule has 0 aliphatic heterocycles. The van der Waals surface area contributed by atoms with E-state index in [-0.39, 0.29) is 0 Å². The zero-order chi connectivity index (χ0) is 13.1. The summed E-state index contributed by atoms with van der Waals surface area (Å²) < 4.78 is 5.68. The molecule has 1 aromatic heterocycles. The van der Waals surface area contributed by atoms with E-state index in [0.29, 0.717) is 27.6 Å². The number of benzene rings is 1. The van der Waals surface area contributed by atoms with Gasteiger partial charge < -0.3 is 10.5 Å². The second-order valence-corrected chi connectivity index (χ2v) is 4.84. The van der Waals surface area contributed by atoms with Gasteiger partial charge in [0.05, 0.1) is 0 Å². The number of nitrogens with two attached hydrogens (primary N) is 1. The molecule has 0 radical (unpaired) electrons. The molecule has 2 rings (SSSR count). The molecule has 1 heterocycles. The number of rotatable bonds is 3. The van der Waals surface area contributed by atoms with E-state index in [0.717, 1.165) is 5.56 Å². The summed E-state index contributed by atoms with van der Waals surface area (Å²) in [5.74, 6) is 1.45. The molecule has 0 atom stereocenters. The first kappa shape index (κ1) is 13.0. The summed E-state index contributed by atoms with van der Waals surface area (Å²) in [6.07, 6.45) is 1.88. The standard InChI is InChI=1S/C12H12ClN3OS/c1-7-3-4-8(13)5-9(7)17-11-6-10(14)15-12(16-11)18-2/h3-6H,1-2H3,(H2,14,15,16). The van der Waals surface area contributed by atoms with Crippen molar-refractivity contribution >= 4 is 29.2 Å². The molecule has 2 aromatic rings. The zero-order valence-electron chi connectivity index (χ0n) is 9.98. The van der Waals surface area contributed by atoms with Crippen molar-refractivity contribution in [2.24, 2.45) is 0 Å². The Labute approximate surface area is 115 Å². The molecule has 0 fully saturated rings. The van der Waals surface area contributed by atoms with E-state index in [4.69, 9.17) is 22.1 Å². The fourth-order valence-corrected chi connectivity index (χ4v) is 1.90. The lowest BCUT2D eigenvalue weighted by Crippen LogP contribution is -1.97. The molecule has 0 spiro atoms. The van der Waals surface area contributed by atoms with Crippen LogP contribution in [0.4, 0.5) is 5.82 Å². The van der Waals surface area contributed by atoms with E-state index in [9.17, 15) is 0 Å². The lowest BCUT2D eigenvalue weighted by Gasteiger charge is -2.09. The molecule has 0 unspecified atom stereocenters. The quantitative estimate of drug-likeness (QED) is 0.689. The predicted molar refractivity (Wildman–Crippen MR) is 74.5 cm³/mol. The van der Waals surface area contributed by atoms with Crippen molar-refractivity contribution < 1.29 is 4.74 Å². The Kier molecular flexibility index (Phi) is 3.93. The van der Waals surface area contributed by atoms with Crippen LogP contribution in [-0.4, -0.2) is 16.2 Å². The van der Waals surface area contributed by atoms with Crippen molar-refractivity contribution in [2.75, 3.05) is 12.0 Å². The summed E-state index contributed by atoms with van der Waals surface area (Å²) in [6.45, 7) is 1.94. The molecule has 0 aliphatic rings. The van der Waals surface area contributed by atoms with Gasteiger partial charge in [0.1, 0.15) is 11.6 Å². The number of aryl methyl sites for hydroxylation is 1. The molecular weight excluding hydrogens is 270 g/mol. The highest BCUT2D eigenvalue weighted by Crippen LogP contribution is 2.28. The summed E-state index contributed by atoms with van der Waals surface area (Å²) in [5, 5.41) is 1.19. The molecule has 0 amide bonds. The third-order valence-corrected chi connectivity index (χ3v) is 3.03. The molecular formula is C12H12ClN3OS. The van der Waals surface area contributed by atoms with Gasteiger partial charge in [-0.3, -0.25) is 0 Å². The second kappa shape index (κ2) is 5.46. The van der Waals surface area contributed by atoms with Gasteiger partial charge in [-0.25, -0.2) is 4.98 Å². The van der Waals surface area contributed by atoms with Gasteiger partial charge in [-0.1, -0.05) is 29.4 Å². The average molecular weight is 282 g/mol. The van der Waals surface area contributed by atoms with Crippen LogP contribution in [0.25, 0.3) is 0 Å². The zero-order valence-corrected chi connectivity index (χ0v) is 11.5. The van der Waals surface area contributed by atoms with Crippen molar-refractivity contribution in [1.29, 1.82) is 0 Å². The number of nitrogen functional groups attached to an aromatic ring is 1. The van der Waals surface area contributed by atoms with Gasteiger partial charge in [-0.15, -0.1) is 0 Å². The fraction of sp³-hybridized carbons (Fsp3) is 0.167. The molecule has 0 aliphatic carbocycles. The topological polar surface area (TPSA) is 61.0 Å². The van der Waals surface area contributed by atoms with Gasteiger partial charge >= 0.3 is 0 Å². The third-order valence-electron chi connectivity index (χ3n) is 2.25. The molecule has 94 valence electrons. The van der Waals surface area contributed by atoms with E-state index >= 15 is 0 Å². The molecule has 4 nitrogen and oxygen atoms in total. The maximum absolute atomic E-state index is 5.93. The first-order chi connectivity index (χ1) is 8.58. The average Bonchev–Trinajstić information content (AvgIpc) is 2.33. The second-order valence-electron chi connectivity index (χ2n) is 3.63. The van der Waals surface area contributed by atoms with Crippen molar-refractivity contribution in [3.63, 3.8) is 0 Å². The van der Waals surface area contributed by atoms with Crippen molar-refractivity contribution in [3.8, 4) is 11.6 Å². The normalized spacial score (nSPS) is 10.4. The number of halogens is 1. The van der Waals surface area contributed by atoms with Crippen LogP contribution >= 0.6 is 23.4 Å². The Hall–Kier alpha value is -1.46. The molecule has 0 saturated carbocycles. The van der Waals surface area contributed by atoms with Gasteiger partial charge in [0.25, 0.3) is 0 Å². The predicted octanol–water partition coefficient (Wildman–Crippen LogP) is 3.53. The van der Waals surface area contributed by atoms with Gasteiger partial charge in [-0.2, -0.15) is 4.98 Å². The minimum absolute atomic E-state index is 0.379. The Bertz CT molecular complexity index is 577. The third kappa shape index (κ3) is 3.05. The fourth-order valence-electron chi connectivity index (χ4n) is 1.36. The summed E-state index contributed by atoms with van der Waals surface area (Å²) in [4.78, 5) is 8.28. The Morgan fingerprint density at radius 1 is 1.28 bits per heavy atom. The molecule has 18 heavy (non-hydrogen) atoms. The molecule has 1 aromatic carbocycles. The Balaban J connectivity index is 2.33. The number of anilines is 1. The van der Waals surface area contributed by atoms with E-state index in [1.165, 1.54) is 11.8 Å². The maximum Gasteiger partial charge on any atom is 0.225 e. The molecule has 0 saturated heterocycles. The largest absolute Gasteiger partial charge is 0.438 e. The highest BCUT2D eigenvalue weighted by Gasteiger charge is 2.07. The maximum atomic E-state index is 5.93. The van der Waals surface area contributed by atoms with E-state index in [2.05, 4.69) is 9.97 Å². The number of ether oxygens (including phenoxy) is 1. The first-order valence-corrected chi connectivity index (χ1v) is 6.81. The molecule has 0 bridgehead atoms. The van der Waals surface area contributed by atoms with Gasteiger partial charge in [0.2, 0.25) is 5.88 Å². The highest BCUT2D eigenvalue weighted by molar-refractivity contribution is 7.98. The van der Waals surface area contributed by atoms with Crippen LogP contribution in [-0.2, 0) is 0 Å². The first-order valence-electron chi connectivity index (χ1n) is 5.21. The van der Waals surface area contributed by atoms with E-state index in [1.807, 2.05) is 25.3 Å². The molecule has 6 heteroatoms. The summed E-state index contributed by atoms with van der Waals surface area (Å²) in [5.41, 5.74) is 6.66. The minimum Gasteiger partial charge on any atom is -0.438 e. The number of aromatic nitrogens is 2. The van der Waals surface area contributed by atoms with Gasteiger partial charge in [0.15, 0.2) is 5.16 Å². The van der Waals surface area contributed by atoms with Crippen LogP contribution in [0.5, 0.6) is 11.6 Å². The van der Waals surface area contributed by atoms with Crippen LogP contribution in [0, 0.1) is 6.92 Å². The van der Waals surface area contributed by atoms with Crippen molar-refractivity contribution in [3.05, 3.63) is 34.9 Å². The van der Waals surface area contributed by atoms with E-state index in [1.54, 1.807) is 12.1 Å². The van der Waals surface area contributed by atoms with Crippen molar-refractivity contribution in [1.82, 2.24) is 9.97 Å². The summed E-state index contributed by atoms with van der Waals surface area (Å²) in [6, 6.07) is 7.02. The highest BCUT2D eigenvalue weighted by atomic mass is 35.5. The number of hydrogen-bond acceptors (Lipinski definition) is 5. The SMILES string of the molecule is CSc1nc(N)cc(Oc2cc(Cl)ccc2C)n1. The van der Waals surface area contributed by atoms with Crippen LogP contribution in [0.2, 0.25) is 5.02 Å². The summed E-state index contributed by atoms with van der Waals surface area (Å²) in [7, 11) is 0. The number of thioether (sulfide) groups is 1. The number of nitrogens with zero attached hydrogens (tertiary/aromatic N) is 2. The summed E-state index contributed by atoms with van der Waals surface area (Å²) >= 11 is 7.34. The van der Waals surface area contributed by atoms with Crippen LogP contribution in [0.15, 0.2) is 29.4 Å².